The van der Waals surface area contributed by atoms with Gasteiger partial charge >= 0.3 is 0 Å². The summed E-state index contributed by atoms with van der Waals surface area (Å²) in [5.74, 6) is -0.548. The van der Waals surface area contributed by atoms with E-state index in [0.29, 0.717) is 19.7 Å². The molecule has 0 saturated heterocycles. The second kappa shape index (κ2) is 7.24. The Hall–Kier alpha value is -1.11. The van der Waals surface area contributed by atoms with Crippen LogP contribution in [0.2, 0.25) is 5.02 Å². The molecule has 3 nitrogen and oxygen atoms in total. The van der Waals surface area contributed by atoms with E-state index >= 15 is 0 Å². The van der Waals surface area contributed by atoms with E-state index in [1.54, 1.807) is 12.1 Å². The first kappa shape index (κ1) is 16.3. The van der Waals surface area contributed by atoms with Gasteiger partial charge in [-0.05, 0) is 62.2 Å². The van der Waals surface area contributed by atoms with Crippen LogP contribution in [0, 0.1) is 5.82 Å². The average Bonchev–Trinajstić information content (AvgIpc) is 2.42. The Bertz CT molecular complexity index is 662. The molecular formula is C14H9Br2ClFNO2. The number of hydrogen-bond donors (Lipinski definition) is 1. The molecule has 0 aliphatic heterocycles. The summed E-state index contributed by atoms with van der Waals surface area (Å²) in [5.41, 5.74) is 0.0160. The van der Waals surface area contributed by atoms with Gasteiger partial charge in [0.05, 0.1) is 14.6 Å². The normalized spacial score (nSPS) is 10.3. The van der Waals surface area contributed by atoms with E-state index in [1.807, 2.05) is 6.07 Å². The van der Waals surface area contributed by atoms with Crippen LogP contribution >= 0.6 is 43.5 Å². The predicted molar refractivity (Wildman–Crippen MR) is 87.4 cm³/mol. The summed E-state index contributed by atoms with van der Waals surface area (Å²) in [6.45, 7) is -0.257. The summed E-state index contributed by atoms with van der Waals surface area (Å²) in [6, 6.07) is 9.32. The SMILES string of the molecule is O=C(COc1c(Br)cccc1Br)Nc1cc(Cl)ccc1F. The Morgan fingerprint density at radius 2 is 1.90 bits per heavy atom. The molecule has 0 unspecified atom stereocenters. The van der Waals surface area contributed by atoms with Gasteiger partial charge in [0.25, 0.3) is 5.91 Å². The van der Waals surface area contributed by atoms with Crippen LogP contribution in [0.25, 0.3) is 0 Å². The van der Waals surface area contributed by atoms with E-state index in [9.17, 15) is 9.18 Å². The molecule has 0 heterocycles. The summed E-state index contributed by atoms with van der Waals surface area (Å²) in [6.07, 6.45) is 0. The fourth-order valence-corrected chi connectivity index (χ4v) is 2.94. The molecule has 1 N–H and O–H groups in total. The molecule has 7 heteroatoms. The lowest BCUT2D eigenvalue weighted by atomic mass is 10.3. The number of nitrogens with one attached hydrogen (secondary N) is 1. The zero-order valence-electron chi connectivity index (χ0n) is 10.5. The maximum atomic E-state index is 13.5. The Balaban J connectivity index is 2.01. The van der Waals surface area contributed by atoms with Crippen molar-refractivity contribution in [2.45, 2.75) is 0 Å². The van der Waals surface area contributed by atoms with Gasteiger partial charge in [0, 0.05) is 5.02 Å². The first-order valence-corrected chi connectivity index (χ1v) is 7.75. The molecule has 2 aromatic carbocycles. The van der Waals surface area contributed by atoms with Gasteiger partial charge < -0.3 is 10.1 Å². The number of anilines is 1. The minimum Gasteiger partial charge on any atom is -0.481 e. The smallest absolute Gasteiger partial charge is 0.262 e. The lowest BCUT2D eigenvalue weighted by molar-refractivity contribution is -0.118. The van der Waals surface area contributed by atoms with E-state index in [0.717, 1.165) is 0 Å². The van der Waals surface area contributed by atoms with E-state index in [4.69, 9.17) is 16.3 Å². The van der Waals surface area contributed by atoms with Crippen LogP contribution in [0.5, 0.6) is 5.75 Å². The van der Waals surface area contributed by atoms with E-state index < -0.39 is 11.7 Å². The third-order valence-corrected chi connectivity index (χ3v) is 3.95. The van der Waals surface area contributed by atoms with Crippen LogP contribution in [0.4, 0.5) is 10.1 Å². The number of ether oxygens (including phenoxy) is 1. The zero-order chi connectivity index (χ0) is 15.4. The van der Waals surface area contributed by atoms with Crippen molar-refractivity contribution in [3.05, 3.63) is 56.2 Å². The molecular weight excluding hydrogens is 428 g/mol. The maximum Gasteiger partial charge on any atom is 0.262 e. The number of carbonyl (C=O) groups excluding carboxylic acids is 1. The van der Waals surface area contributed by atoms with Crippen LogP contribution in [-0.4, -0.2) is 12.5 Å². The first-order valence-electron chi connectivity index (χ1n) is 5.79. The molecule has 0 aliphatic rings. The molecule has 0 spiro atoms. The number of rotatable bonds is 4. The Labute approximate surface area is 142 Å². The molecule has 0 radical (unpaired) electrons. The second-order valence-electron chi connectivity index (χ2n) is 4.01. The van der Waals surface area contributed by atoms with Crippen molar-refractivity contribution in [3.63, 3.8) is 0 Å². The van der Waals surface area contributed by atoms with Crippen molar-refractivity contribution in [3.8, 4) is 5.75 Å². The highest BCUT2D eigenvalue weighted by Gasteiger charge is 2.11. The standard InChI is InChI=1S/C14H9Br2ClFNO2/c15-9-2-1-3-10(16)14(9)21-7-13(20)19-12-6-8(17)4-5-11(12)18/h1-6H,7H2,(H,19,20). The van der Waals surface area contributed by atoms with Gasteiger partial charge in [0.15, 0.2) is 6.61 Å². The number of para-hydroxylation sites is 1. The summed E-state index contributed by atoms with van der Waals surface area (Å²) < 4.78 is 20.3. The minimum absolute atomic E-state index is 0.0160. The van der Waals surface area contributed by atoms with Gasteiger partial charge in [0.2, 0.25) is 0 Å². The minimum atomic E-state index is -0.560. The van der Waals surface area contributed by atoms with Crippen LogP contribution in [0.1, 0.15) is 0 Å². The molecule has 0 bridgehead atoms. The number of hydrogen-bond acceptors (Lipinski definition) is 2. The molecule has 0 aliphatic carbocycles. The molecule has 0 saturated carbocycles. The van der Waals surface area contributed by atoms with Crippen LogP contribution in [-0.2, 0) is 4.79 Å². The largest absolute Gasteiger partial charge is 0.481 e. The van der Waals surface area contributed by atoms with Crippen molar-refractivity contribution in [1.29, 1.82) is 0 Å². The zero-order valence-corrected chi connectivity index (χ0v) is 14.4. The molecule has 0 atom stereocenters. The van der Waals surface area contributed by atoms with Crippen molar-refractivity contribution in [2.75, 3.05) is 11.9 Å². The Morgan fingerprint density at radius 3 is 2.57 bits per heavy atom. The fourth-order valence-electron chi connectivity index (χ4n) is 1.54. The molecule has 1 amide bonds. The molecule has 2 aromatic rings. The van der Waals surface area contributed by atoms with E-state index in [1.165, 1.54) is 18.2 Å². The quantitative estimate of drug-likeness (QED) is 0.729. The van der Waals surface area contributed by atoms with Crippen LogP contribution < -0.4 is 10.1 Å². The maximum absolute atomic E-state index is 13.5. The highest BCUT2D eigenvalue weighted by atomic mass is 79.9. The van der Waals surface area contributed by atoms with Gasteiger partial charge in [-0.3, -0.25) is 4.79 Å². The van der Waals surface area contributed by atoms with Crippen molar-refractivity contribution >= 4 is 55.1 Å². The number of carbonyl (C=O) groups is 1. The Kier molecular flexibility index (Phi) is 5.61. The van der Waals surface area contributed by atoms with Gasteiger partial charge in [-0.25, -0.2) is 4.39 Å². The summed E-state index contributed by atoms with van der Waals surface area (Å²) in [4.78, 5) is 11.8. The van der Waals surface area contributed by atoms with E-state index in [-0.39, 0.29) is 12.3 Å². The predicted octanol–water partition coefficient (Wildman–Crippen LogP) is 5.02. The summed E-state index contributed by atoms with van der Waals surface area (Å²) >= 11 is 12.4. The number of benzene rings is 2. The van der Waals surface area contributed by atoms with Gasteiger partial charge in [0.1, 0.15) is 11.6 Å². The fraction of sp³-hybridized carbons (Fsp3) is 0.0714. The first-order chi connectivity index (χ1) is 9.97. The van der Waals surface area contributed by atoms with Crippen molar-refractivity contribution in [1.82, 2.24) is 0 Å². The summed E-state index contributed by atoms with van der Waals surface area (Å²) in [7, 11) is 0. The monoisotopic (exact) mass is 435 g/mol. The lowest BCUT2D eigenvalue weighted by Crippen LogP contribution is -2.21. The van der Waals surface area contributed by atoms with Gasteiger partial charge in [-0.2, -0.15) is 0 Å². The third kappa shape index (κ3) is 4.43. The molecule has 21 heavy (non-hydrogen) atoms. The topological polar surface area (TPSA) is 38.3 Å². The number of amides is 1. The van der Waals surface area contributed by atoms with Gasteiger partial charge in [-0.1, -0.05) is 17.7 Å². The average molecular weight is 437 g/mol. The highest BCUT2D eigenvalue weighted by molar-refractivity contribution is 9.11. The highest BCUT2D eigenvalue weighted by Crippen LogP contribution is 2.32. The molecule has 0 fully saturated rings. The summed E-state index contributed by atoms with van der Waals surface area (Å²) in [5, 5.41) is 2.74. The lowest BCUT2D eigenvalue weighted by Gasteiger charge is -2.11. The number of halogens is 4. The Morgan fingerprint density at radius 1 is 1.24 bits per heavy atom. The van der Waals surface area contributed by atoms with Crippen LogP contribution in [0.15, 0.2) is 45.3 Å². The van der Waals surface area contributed by atoms with Crippen molar-refractivity contribution in [2.24, 2.45) is 0 Å². The molecule has 0 aromatic heterocycles. The van der Waals surface area contributed by atoms with E-state index in [2.05, 4.69) is 37.2 Å². The van der Waals surface area contributed by atoms with Gasteiger partial charge in [-0.15, -0.1) is 0 Å². The van der Waals surface area contributed by atoms with Crippen LogP contribution in [0.3, 0.4) is 0 Å². The molecule has 2 rings (SSSR count). The molecule has 110 valence electrons. The van der Waals surface area contributed by atoms with Crippen molar-refractivity contribution < 1.29 is 13.9 Å². The second-order valence-corrected chi connectivity index (χ2v) is 6.16. The third-order valence-electron chi connectivity index (χ3n) is 2.47.